The first-order chi connectivity index (χ1) is 7.78. The van der Waals surface area contributed by atoms with Gasteiger partial charge >= 0.3 is 12.0 Å². The molecule has 0 radical (unpaired) electrons. The molecule has 0 aliphatic carbocycles. The Hall–Kier alpha value is -2.17. The fraction of sp³-hybridized carbons (Fsp3) is 0.182. The van der Waals surface area contributed by atoms with Gasteiger partial charge in [0.1, 0.15) is 11.6 Å². The van der Waals surface area contributed by atoms with Crippen molar-refractivity contribution in [2.75, 3.05) is 7.11 Å². The second kappa shape index (κ2) is 4.57. The molecule has 0 aliphatic heterocycles. The van der Waals surface area contributed by atoms with Crippen LogP contribution in [0.3, 0.4) is 0 Å². The van der Waals surface area contributed by atoms with Crippen molar-refractivity contribution in [1.29, 1.82) is 0 Å². The van der Waals surface area contributed by atoms with Crippen molar-refractivity contribution in [1.82, 2.24) is 15.0 Å². The highest BCUT2D eigenvalue weighted by Crippen LogP contribution is 2.18. The van der Waals surface area contributed by atoms with Crippen molar-refractivity contribution in [2.24, 2.45) is 0 Å². The van der Waals surface area contributed by atoms with E-state index < -0.39 is 0 Å². The molecule has 5 nitrogen and oxygen atoms in total. The number of hydrogen-bond donors (Lipinski definition) is 0. The molecule has 0 bridgehead atoms. The Balaban J connectivity index is 2.24. The summed E-state index contributed by atoms with van der Waals surface area (Å²) in [4.78, 5) is 12.0. The molecule has 0 spiro atoms. The number of nitrogens with zero attached hydrogens (tertiary/aromatic N) is 3. The van der Waals surface area contributed by atoms with Gasteiger partial charge in [-0.25, -0.2) is 0 Å². The molecule has 2 aromatic rings. The zero-order valence-corrected chi connectivity index (χ0v) is 9.04. The first kappa shape index (κ1) is 10.4. The van der Waals surface area contributed by atoms with Crippen LogP contribution in [0.15, 0.2) is 30.3 Å². The summed E-state index contributed by atoms with van der Waals surface area (Å²) in [6.07, 6.45) is 0. The number of hydrogen-bond acceptors (Lipinski definition) is 5. The SMILES string of the molecule is COc1nc(C)nc(Oc2ccccc2)n1. The van der Waals surface area contributed by atoms with Gasteiger partial charge in [0.2, 0.25) is 0 Å². The van der Waals surface area contributed by atoms with E-state index in [4.69, 9.17) is 9.47 Å². The topological polar surface area (TPSA) is 57.1 Å². The van der Waals surface area contributed by atoms with Crippen molar-refractivity contribution < 1.29 is 9.47 Å². The van der Waals surface area contributed by atoms with Crippen LogP contribution in [0.25, 0.3) is 0 Å². The van der Waals surface area contributed by atoms with Gasteiger partial charge in [0.05, 0.1) is 7.11 Å². The second-order valence-corrected chi connectivity index (χ2v) is 3.07. The van der Waals surface area contributed by atoms with E-state index in [1.807, 2.05) is 30.3 Å². The first-order valence-corrected chi connectivity index (χ1v) is 4.77. The third kappa shape index (κ3) is 2.44. The van der Waals surface area contributed by atoms with Crippen molar-refractivity contribution in [3.63, 3.8) is 0 Å². The van der Waals surface area contributed by atoms with Crippen LogP contribution in [0.1, 0.15) is 5.82 Å². The lowest BCUT2D eigenvalue weighted by Crippen LogP contribution is -2.00. The van der Waals surface area contributed by atoms with Gasteiger partial charge in [-0.15, -0.1) is 4.98 Å². The van der Waals surface area contributed by atoms with E-state index in [1.165, 1.54) is 7.11 Å². The Kier molecular flexibility index (Phi) is 2.95. The molecule has 0 atom stereocenters. The molecule has 0 aliphatic rings. The lowest BCUT2D eigenvalue weighted by atomic mass is 10.3. The highest BCUT2D eigenvalue weighted by Gasteiger charge is 2.05. The van der Waals surface area contributed by atoms with Crippen molar-refractivity contribution >= 4 is 0 Å². The highest BCUT2D eigenvalue weighted by atomic mass is 16.5. The van der Waals surface area contributed by atoms with Gasteiger partial charge in [0.15, 0.2) is 0 Å². The molecule has 5 heteroatoms. The monoisotopic (exact) mass is 217 g/mol. The van der Waals surface area contributed by atoms with Gasteiger partial charge in [-0.1, -0.05) is 18.2 Å². The quantitative estimate of drug-likeness (QED) is 0.786. The molecule has 0 unspecified atom stereocenters. The minimum atomic E-state index is 0.232. The molecule has 1 heterocycles. The van der Waals surface area contributed by atoms with Gasteiger partial charge in [0, 0.05) is 0 Å². The van der Waals surface area contributed by atoms with E-state index in [-0.39, 0.29) is 12.0 Å². The van der Waals surface area contributed by atoms with Crippen LogP contribution in [0, 0.1) is 6.92 Å². The zero-order valence-electron chi connectivity index (χ0n) is 9.04. The zero-order chi connectivity index (χ0) is 11.4. The number of aromatic nitrogens is 3. The number of para-hydroxylation sites is 1. The molecule has 0 saturated carbocycles. The number of ether oxygens (including phenoxy) is 2. The Morgan fingerprint density at radius 3 is 2.31 bits per heavy atom. The second-order valence-electron chi connectivity index (χ2n) is 3.07. The van der Waals surface area contributed by atoms with E-state index >= 15 is 0 Å². The fourth-order valence-electron chi connectivity index (χ4n) is 1.16. The van der Waals surface area contributed by atoms with E-state index in [9.17, 15) is 0 Å². The Morgan fingerprint density at radius 2 is 1.62 bits per heavy atom. The Labute approximate surface area is 93.1 Å². The van der Waals surface area contributed by atoms with E-state index in [0.717, 1.165) is 0 Å². The van der Waals surface area contributed by atoms with Crippen LogP contribution in [0.4, 0.5) is 0 Å². The molecule has 82 valence electrons. The van der Waals surface area contributed by atoms with Crippen molar-refractivity contribution in [3.8, 4) is 17.8 Å². The average Bonchev–Trinajstić information content (AvgIpc) is 2.29. The fourth-order valence-corrected chi connectivity index (χ4v) is 1.16. The Morgan fingerprint density at radius 1 is 0.938 bits per heavy atom. The summed E-state index contributed by atoms with van der Waals surface area (Å²) in [5.74, 6) is 1.23. The predicted octanol–water partition coefficient (Wildman–Crippen LogP) is 1.98. The molecule has 16 heavy (non-hydrogen) atoms. The van der Waals surface area contributed by atoms with Crippen molar-refractivity contribution in [2.45, 2.75) is 6.92 Å². The number of rotatable bonds is 3. The van der Waals surface area contributed by atoms with Gasteiger partial charge < -0.3 is 9.47 Å². The third-order valence-electron chi connectivity index (χ3n) is 1.84. The summed E-state index contributed by atoms with van der Waals surface area (Å²) in [6.45, 7) is 1.75. The van der Waals surface area contributed by atoms with Gasteiger partial charge in [-0.3, -0.25) is 0 Å². The molecule has 2 rings (SSSR count). The maximum absolute atomic E-state index is 5.46. The van der Waals surface area contributed by atoms with Crippen LogP contribution < -0.4 is 9.47 Å². The summed E-state index contributed by atoms with van der Waals surface area (Å²) >= 11 is 0. The lowest BCUT2D eigenvalue weighted by Gasteiger charge is -2.05. The molecule has 0 fully saturated rings. The van der Waals surface area contributed by atoms with Crippen molar-refractivity contribution in [3.05, 3.63) is 36.2 Å². The van der Waals surface area contributed by atoms with Crippen LogP contribution >= 0.6 is 0 Å². The van der Waals surface area contributed by atoms with Crippen LogP contribution in [-0.2, 0) is 0 Å². The van der Waals surface area contributed by atoms with Crippen LogP contribution in [0.2, 0.25) is 0 Å². The largest absolute Gasteiger partial charge is 0.467 e. The van der Waals surface area contributed by atoms with Gasteiger partial charge in [-0.05, 0) is 19.1 Å². The molecule has 0 amide bonds. The van der Waals surface area contributed by atoms with E-state index in [1.54, 1.807) is 6.92 Å². The number of aryl methyl sites for hydroxylation is 1. The minimum Gasteiger partial charge on any atom is -0.467 e. The summed E-state index contributed by atoms with van der Waals surface area (Å²) in [7, 11) is 1.50. The summed E-state index contributed by atoms with van der Waals surface area (Å²) in [6, 6.07) is 9.79. The van der Waals surface area contributed by atoms with E-state index in [0.29, 0.717) is 11.6 Å². The smallest absolute Gasteiger partial charge is 0.328 e. The molecular weight excluding hydrogens is 206 g/mol. The standard InChI is InChI=1S/C11H11N3O2/c1-8-12-10(15-2)14-11(13-8)16-9-6-4-3-5-7-9/h3-7H,1-2H3. The molecule has 0 saturated heterocycles. The van der Waals surface area contributed by atoms with Crippen LogP contribution in [0.5, 0.6) is 17.8 Å². The summed E-state index contributed by atoms with van der Waals surface area (Å²) in [5.41, 5.74) is 0. The van der Waals surface area contributed by atoms with Gasteiger partial charge in [0.25, 0.3) is 0 Å². The predicted molar refractivity (Wildman–Crippen MR) is 57.6 cm³/mol. The maximum atomic E-state index is 5.46. The highest BCUT2D eigenvalue weighted by molar-refractivity contribution is 5.24. The molecular formula is C11H11N3O2. The van der Waals surface area contributed by atoms with Crippen LogP contribution in [-0.4, -0.2) is 22.1 Å². The molecule has 1 aromatic carbocycles. The molecule has 0 N–H and O–H groups in total. The number of methoxy groups -OCH3 is 1. The summed E-state index contributed by atoms with van der Waals surface area (Å²) in [5, 5.41) is 0. The summed E-state index contributed by atoms with van der Waals surface area (Å²) < 4.78 is 10.4. The van der Waals surface area contributed by atoms with E-state index in [2.05, 4.69) is 15.0 Å². The lowest BCUT2D eigenvalue weighted by molar-refractivity contribution is 0.356. The first-order valence-electron chi connectivity index (χ1n) is 4.77. The third-order valence-corrected chi connectivity index (χ3v) is 1.84. The number of benzene rings is 1. The average molecular weight is 217 g/mol. The Bertz CT molecular complexity index is 474. The minimum absolute atomic E-state index is 0.232. The van der Waals surface area contributed by atoms with Gasteiger partial charge in [-0.2, -0.15) is 9.97 Å². The molecule has 1 aromatic heterocycles. The maximum Gasteiger partial charge on any atom is 0.328 e. The normalized spacial score (nSPS) is 9.88.